The van der Waals surface area contributed by atoms with Gasteiger partial charge in [-0.25, -0.2) is 0 Å². The van der Waals surface area contributed by atoms with Crippen molar-refractivity contribution in [2.24, 2.45) is 5.73 Å². The van der Waals surface area contributed by atoms with Crippen molar-refractivity contribution in [3.05, 3.63) is 40.8 Å². The van der Waals surface area contributed by atoms with E-state index >= 15 is 0 Å². The van der Waals surface area contributed by atoms with Gasteiger partial charge in [-0.15, -0.1) is 0 Å². The van der Waals surface area contributed by atoms with Crippen LogP contribution in [0.5, 0.6) is 0 Å². The Morgan fingerprint density at radius 1 is 1.20 bits per heavy atom. The molecule has 1 heterocycles. The monoisotopic (exact) mass is 266 g/mol. The van der Waals surface area contributed by atoms with Crippen LogP contribution in [0.4, 0.5) is 5.69 Å². The zero-order chi connectivity index (χ0) is 10.8. The van der Waals surface area contributed by atoms with Crippen molar-refractivity contribution in [3.8, 4) is 10.0 Å². The molecule has 2 rings (SSSR count). The summed E-state index contributed by atoms with van der Waals surface area (Å²) in [6.45, 7) is 0. The average molecular weight is 265 g/mol. The van der Waals surface area contributed by atoms with E-state index in [-0.39, 0.29) is 14.5 Å². The zero-order valence-electron chi connectivity index (χ0n) is 7.94. The Balaban J connectivity index is 2.48. The van der Waals surface area contributed by atoms with Gasteiger partial charge in [0.15, 0.2) is 0 Å². The molecule has 76 valence electrons. The summed E-state index contributed by atoms with van der Waals surface area (Å²) in [4.78, 5) is 11.1. The molecule has 0 bridgehead atoms. The first-order chi connectivity index (χ1) is 7.18. The summed E-state index contributed by atoms with van der Waals surface area (Å²) in [5.41, 5.74) is 12.6. The number of primary amides is 1. The van der Waals surface area contributed by atoms with Crippen LogP contribution in [0.2, 0.25) is 0 Å². The van der Waals surface area contributed by atoms with Gasteiger partial charge in [0.2, 0.25) is 0 Å². The van der Waals surface area contributed by atoms with Crippen LogP contribution in [0.15, 0.2) is 36.4 Å². The summed E-state index contributed by atoms with van der Waals surface area (Å²) in [6, 6.07) is 11.7. The first-order valence-corrected chi connectivity index (χ1v) is 6.14. The van der Waals surface area contributed by atoms with Gasteiger partial charge in [-0.2, -0.15) is 0 Å². The number of benzene rings is 1. The molecule has 0 aliphatic carbocycles. The summed E-state index contributed by atoms with van der Waals surface area (Å²) < 4.78 is 1.68. The molecule has 0 saturated carbocycles. The van der Waals surface area contributed by atoms with Gasteiger partial charge >= 0.3 is 93.2 Å². The second-order valence-corrected chi connectivity index (χ2v) is 5.33. The number of carbonyl (C=O) groups excluding carboxylic acids is 1. The number of nitrogen functional groups attached to an aromatic ring is 1. The average Bonchev–Trinajstić information content (AvgIpc) is 2.62. The third-order valence-corrected chi connectivity index (χ3v) is 4.59. The maximum atomic E-state index is 11.1. The topological polar surface area (TPSA) is 69.1 Å². The van der Waals surface area contributed by atoms with Gasteiger partial charge in [-0.3, -0.25) is 0 Å². The maximum absolute atomic E-state index is 11.1. The fourth-order valence-corrected chi connectivity index (χ4v) is 3.31. The van der Waals surface area contributed by atoms with Crippen molar-refractivity contribution in [2.75, 3.05) is 5.73 Å². The Morgan fingerprint density at radius 2 is 1.87 bits per heavy atom. The Kier molecular flexibility index (Phi) is 2.62. The van der Waals surface area contributed by atoms with Gasteiger partial charge in [0.25, 0.3) is 0 Å². The summed E-state index contributed by atoms with van der Waals surface area (Å²) >= 11 is -0.0583. The Bertz CT molecular complexity index is 491. The molecule has 0 fully saturated rings. The molecule has 1 aromatic heterocycles. The quantitative estimate of drug-likeness (QED) is 0.798. The number of anilines is 1. The van der Waals surface area contributed by atoms with E-state index in [9.17, 15) is 4.79 Å². The molecule has 0 radical (unpaired) electrons. The number of hydrogen-bond donors (Lipinski definition) is 2. The van der Waals surface area contributed by atoms with E-state index in [1.807, 2.05) is 36.4 Å². The van der Waals surface area contributed by atoms with Crippen molar-refractivity contribution < 1.29 is 4.79 Å². The van der Waals surface area contributed by atoms with Crippen LogP contribution in [0, 0.1) is 0 Å². The van der Waals surface area contributed by atoms with Gasteiger partial charge < -0.3 is 0 Å². The first-order valence-electron chi connectivity index (χ1n) is 4.43. The number of hydrogen-bond acceptors (Lipinski definition) is 2. The summed E-state index contributed by atoms with van der Waals surface area (Å²) in [6.07, 6.45) is 0. The normalized spacial score (nSPS) is 10.1. The zero-order valence-corrected chi connectivity index (χ0v) is 9.65. The molecule has 1 amide bonds. The Hall–Kier alpha value is -1.51. The molecule has 4 N–H and O–H groups in total. The molecule has 3 nitrogen and oxygen atoms in total. The fourth-order valence-electron chi connectivity index (χ4n) is 1.34. The van der Waals surface area contributed by atoms with E-state index in [1.165, 1.54) is 0 Å². The minimum atomic E-state index is -0.408. The number of amides is 1. The van der Waals surface area contributed by atoms with E-state index in [4.69, 9.17) is 11.5 Å². The molecule has 0 unspecified atom stereocenters. The van der Waals surface area contributed by atoms with E-state index in [2.05, 4.69) is 0 Å². The molecule has 0 saturated heterocycles. The number of nitrogens with two attached hydrogens (primary N) is 2. The third kappa shape index (κ3) is 1.96. The van der Waals surface area contributed by atoms with Crippen molar-refractivity contribution >= 4 is 26.1 Å². The van der Waals surface area contributed by atoms with E-state index in [0.717, 1.165) is 10.0 Å². The number of rotatable bonds is 2. The van der Waals surface area contributed by atoms with Crippen LogP contribution in [-0.4, -0.2) is 20.4 Å². The molecule has 1 aromatic carbocycles. The van der Waals surface area contributed by atoms with Crippen LogP contribution in [0.3, 0.4) is 0 Å². The van der Waals surface area contributed by atoms with Crippen molar-refractivity contribution in [3.63, 3.8) is 0 Å². The van der Waals surface area contributed by atoms with Gasteiger partial charge in [0, 0.05) is 0 Å². The summed E-state index contributed by atoms with van der Waals surface area (Å²) in [5, 5.41) is 0. The minimum absolute atomic E-state index is 0.0583. The van der Waals surface area contributed by atoms with Crippen LogP contribution < -0.4 is 11.5 Å². The SMILES string of the molecule is NC(=O)c1[se]c(-c2ccccc2)cc1N. The van der Waals surface area contributed by atoms with E-state index in [0.29, 0.717) is 10.1 Å². The second-order valence-electron chi connectivity index (χ2n) is 3.13. The van der Waals surface area contributed by atoms with Crippen molar-refractivity contribution in [1.29, 1.82) is 0 Å². The molecule has 0 spiro atoms. The van der Waals surface area contributed by atoms with Gasteiger partial charge in [-0.05, 0) is 0 Å². The standard InChI is InChI=1S/C11H10N2OSe/c12-8-6-9(15-10(8)11(13)14)7-4-2-1-3-5-7/h1-6H,12H2,(H2,13,14). The van der Waals surface area contributed by atoms with Gasteiger partial charge in [0.1, 0.15) is 0 Å². The molecule has 0 aliphatic heterocycles. The van der Waals surface area contributed by atoms with E-state index in [1.54, 1.807) is 0 Å². The fraction of sp³-hybridized carbons (Fsp3) is 0. The van der Waals surface area contributed by atoms with Crippen LogP contribution >= 0.6 is 0 Å². The molecule has 2 aromatic rings. The molecule has 0 atom stereocenters. The molecular formula is C11H10N2OSe. The molecule has 15 heavy (non-hydrogen) atoms. The first kappa shape index (κ1) is 10.0. The van der Waals surface area contributed by atoms with Crippen molar-refractivity contribution in [1.82, 2.24) is 0 Å². The van der Waals surface area contributed by atoms with Gasteiger partial charge in [-0.1, -0.05) is 0 Å². The molecular weight excluding hydrogens is 255 g/mol. The summed E-state index contributed by atoms with van der Waals surface area (Å²) in [7, 11) is 0. The van der Waals surface area contributed by atoms with Crippen molar-refractivity contribution in [2.45, 2.75) is 0 Å². The van der Waals surface area contributed by atoms with Crippen LogP contribution in [0.1, 0.15) is 9.23 Å². The van der Waals surface area contributed by atoms with Gasteiger partial charge in [0.05, 0.1) is 0 Å². The Labute approximate surface area is 93.5 Å². The second kappa shape index (κ2) is 3.93. The molecule has 0 aliphatic rings. The third-order valence-electron chi connectivity index (χ3n) is 2.04. The number of carbonyl (C=O) groups is 1. The van der Waals surface area contributed by atoms with Crippen LogP contribution in [0.25, 0.3) is 10.0 Å². The summed E-state index contributed by atoms with van der Waals surface area (Å²) in [5.74, 6) is -0.408. The predicted molar refractivity (Wildman–Crippen MR) is 61.7 cm³/mol. The van der Waals surface area contributed by atoms with Crippen LogP contribution in [-0.2, 0) is 0 Å². The van der Waals surface area contributed by atoms with E-state index < -0.39 is 5.91 Å². The predicted octanol–water partition coefficient (Wildman–Crippen LogP) is 1.09. The Morgan fingerprint density at radius 3 is 2.40 bits per heavy atom. The molecule has 4 heteroatoms.